The third-order valence-electron chi connectivity index (χ3n) is 5.08. The van der Waals surface area contributed by atoms with E-state index >= 15 is 0 Å². The van der Waals surface area contributed by atoms with Gasteiger partial charge in [-0.25, -0.2) is 4.79 Å². The van der Waals surface area contributed by atoms with Gasteiger partial charge in [0.2, 0.25) is 0 Å². The molecule has 0 aromatic rings. The van der Waals surface area contributed by atoms with Crippen LogP contribution in [0.5, 0.6) is 0 Å². The molecule has 0 radical (unpaired) electrons. The number of hydrogen-bond donors (Lipinski definition) is 1. The van der Waals surface area contributed by atoms with Crippen LogP contribution < -0.4 is 5.32 Å². The lowest BCUT2D eigenvalue weighted by Crippen LogP contribution is -2.55. The van der Waals surface area contributed by atoms with Gasteiger partial charge in [0.05, 0.1) is 19.3 Å². The predicted octanol–water partition coefficient (Wildman–Crippen LogP) is 1.45. The van der Waals surface area contributed by atoms with Crippen LogP contribution in [-0.4, -0.2) is 79.0 Å². The van der Waals surface area contributed by atoms with Crippen molar-refractivity contribution in [3.63, 3.8) is 0 Å². The molecule has 3 heterocycles. The summed E-state index contributed by atoms with van der Waals surface area (Å²) < 4.78 is 11.1. The van der Waals surface area contributed by atoms with Gasteiger partial charge >= 0.3 is 6.09 Å². The fourth-order valence-corrected chi connectivity index (χ4v) is 3.99. The first-order chi connectivity index (χ1) is 10.9. The standard InChI is InChI=1S/C17H31N3O3/c1-17(2,3)23-16(21)20-9-10-22-12-13(20)11-18-14-6-8-19-7-4-5-15(14)19/h13-15,18H,4-12H2,1-3H3. The summed E-state index contributed by atoms with van der Waals surface area (Å²) in [4.78, 5) is 16.8. The Morgan fingerprint density at radius 3 is 2.87 bits per heavy atom. The molecule has 0 aliphatic carbocycles. The van der Waals surface area contributed by atoms with Crippen molar-refractivity contribution in [2.75, 3.05) is 39.4 Å². The molecular formula is C17H31N3O3. The van der Waals surface area contributed by atoms with Gasteiger partial charge in [0.1, 0.15) is 5.60 Å². The maximum absolute atomic E-state index is 12.4. The van der Waals surface area contributed by atoms with Gasteiger partial charge in [-0.1, -0.05) is 0 Å². The van der Waals surface area contributed by atoms with E-state index in [1.54, 1.807) is 0 Å². The van der Waals surface area contributed by atoms with E-state index in [2.05, 4.69) is 10.2 Å². The van der Waals surface area contributed by atoms with Crippen LogP contribution in [0.3, 0.4) is 0 Å². The van der Waals surface area contributed by atoms with Crippen molar-refractivity contribution in [2.24, 2.45) is 0 Å². The van der Waals surface area contributed by atoms with Crippen molar-refractivity contribution < 1.29 is 14.3 Å². The molecule has 0 saturated carbocycles. The Balaban J connectivity index is 1.53. The Labute approximate surface area is 139 Å². The second-order valence-corrected chi connectivity index (χ2v) is 7.95. The number of nitrogens with one attached hydrogen (secondary N) is 1. The minimum Gasteiger partial charge on any atom is -0.444 e. The Morgan fingerprint density at radius 1 is 1.26 bits per heavy atom. The topological polar surface area (TPSA) is 54.0 Å². The number of hydrogen-bond acceptors (Lipinski definition) is 5. The summed E-state index contributed by atoms with van der Waals surface area (Å²) in [7, 11) is 0. The molecular weight excluding hydrogens is 294 g/mol. The van der Waals surface area contributed by atoms with Crippen molar-refractivity contribution in [1.82, 2.24) is 15.1 Å². The summed E-state index contributed by atoms with van der Waals surface area (Å²) in [5.41, 5.74) is -0.455. The maximum atomic E-state index is 12.4. The molecule has 0 aromatic heterocycles. The Bertz CT molecular complexity index is 424. The molecule has 3 rings (SSSR count). The molecule has 6 nitrogen and oxygen atoms in total. The molecule has 0 bridgehead atoms. The summed E-state index contributed by atoms with van der Waals surface area (Å²) in [5.74, 6) is 0. The fourth-order valence-electron chi connectivity index (χ4n) is 3.99. The zero-order valence-electron chi connectivity index (χ0n) is 14.7. The van der Waals surface area contributed by atoms with E-state index < -0.39 is 5.60 Å². The molecule has 3 unspecified atom stereocenters. The molecule has 3 saturated heterocycles. The Morgan fingerprint density at radius 2 is 2.09 bits per heavy atom. The lowest BCUT2D eigenvalue weighted by atomic mass is 10.1. The van der Waals surface area contributed by atoms with Crippen LogP contribution in [0.15, 0.2) is 0 Å². The van der Waals surface area contributed by atoms with E-state index in [1.807, 2.05) is 25.7 Å². The largest absolute Gasteiger partial charge is 0.444 e. The highest BCUT2D eigenvalue weighted by molar-refractivity contribution is 5.68. The molecule has 0 spiro atoms. The number of rotatable bonds is 3. The predicted molar refractivity (Wildman–Crippen MR) is 88.5 cm³/mol. The van der Waals surface area contributed by atoms with Crippen LogP contribution in [0.4, 0.5) is 4.79 Å². The zero-order chi connectivity index (χ0) is 16.4. The lowest BCUT2D eigenvalue weighted by Gasteiger charge is -2.37. The molecule has 3 atom stereocenters. The van der Waals surface area contributed by atoms with Gasteiger partial charge < -0.3 is 14.8 Å². The van der Waals surface area contributed by atoms with Crippen LogP contribution in [-0.2, 0) is 9.47 Å². The van der Waals surface area contributed by atoms with Gasteiger partial charge in [0.15, 0.2) is 0 Å². The first-order valence-corrected chi connectivity index (χ1v) is 8.99. The number of ether oxygens (including phenoxy) is 2. The second kappa shape index (κ2) is 6.95. The Hall–Kier alpha value is -0.850. The van der Waals surface area contributed by atoms with Crippen molar-refractivity contribution in [3.05, 3.63) is 0 Å². The summed E-state index contributed by atoms with van der Waals surface area (Å²) in [5, 5.41) is 3.70. The number of carbonyl (C=O) groups excluding carboxylic acids is 1. The summed E-state index contributed by atoms with van der Waals surface area (Å²) in [6, 6.07) is 1.31. The van der Waals surface area contributed by atoms with Crippen LogP contribution in [0.2, 0.25) is 0 Å². The van der Waals surface area contributed by atoms with E-state index in [0.717, 1.165) is 6.54 Å². The summed E-state index contributed by atoms with van der Waals surface area (Å²) in [6.07, 6.45) is 3.61. The molecule has 0 aromatic carbocycles. The average Bonchev–Trinajstić information content (AvgIpc) is 3.07. The summed E-state index contributed by atoms with van der Waals surface area (Å²) in [6.45, 7) is 10.8. The number of amides is 1. The van der Waals surface area contributed by atoms with Gasteiger partial charge in [-0.2, -0.15) is 0 Å². The molecule has 6 heteroatoms. The normalized spacial score (nSPS) is 32.1. The number of nitrogens with zero attached hydrogens (tertiary/aromatic N) is 2. The average molecular weight is 325 g/mol. The van der Waals surface area contributed by atoms with Gasteiger partial charge in [-0.3, -0.25) is 9.80 Å². The molecule has 1 N–H and O–H groups in total. The first kappa shape index (κ1) is 17.0. The van der Waals surface area contributed by atoms with Crippen molar-refractivity contribution >= 4 is 6.09 Å². The molecule has 3 fully saturated rings. The third kappa shape index (κ3) is 4.17. The van der Waals surface area contributed by atoms with E-state index in [4.69, 9.17) is 9.47 Å². The molecule has 23 heavy (non-hydrogen) atoms. The highest BCUT2D eigenvalue weighted by atomic mass is 16.6. The highest BCUT2D eigenvalue weighted by Gasteiger charge is 2.38. The van der Waals surface area contributed by atoms with E-state index in [-0.39, 0.29) is 12.1 Å². The van der Waals surface area contributed by atoms with E-state index in [1.165, 1.54) is 32.4 Å². The Kier molecular flexibility index (Phi) is 5.13. The van der Waals surface area contributed by atoms with E-state index in [9.17, 15) is 4.79 Å². The number of carbonyl (C=O) groups is 1. The molecule has 1 amide bonds. The minimum absolute atomic E-state index is 0.0639. The molecule has 3 aliphatic rings. The first-order valence-electron chi connectivity index (χ1n) is 8.99. The van der Waals surface area contributed by atoms with Crippen molar-refractivity contribution in [1.29, 1.82) is 0 Å². The SMILES string of the molecule is CC(C)(C)OC(=O)N1CCOCC1CNC1CCN2CCCC12. The molecule has 132 valence electrons. The number of morpholine rings is 1. The smallest absolute Gasteiger partial charge is 0.410 e. The van der Waals surface area contributed by atoms with Crippen LogP contribution in [0.25, 0.3) is 0 Å². The highest BCUT2D eigenvalue weighted by Crippen LogP contribution is 2.28. The number of fused-ring (bicyclic) bond motifs is 1. The van der Waals surface area contributed by atoms with Gasteiger partial charge in [0.25, 0.3) is 0 Å². The van der Waals surface area contributed by atoms with Crippen molar-refractivity contribution in [3.8, 4) is 0 Å². The van der Waals surface area contributed by atoms with Crippen molar-refractivity contribution in [2.45, 2.75) is 63.8 Å². The third-order valence-corrected chi connectivity index (χ3v) is 5.08. The van der Waals surface area contributed by atoms with Gasteiger partial charge in [-0.15, -0.1) is 0 Å². The van der Waals surface area contributed by atoms with Crippen LogP contribution in [0.1, 0.15) is 40.0 Å². The maximum Gasteiger partial charge on any atom is 0.410 e. The van der Waals surface area contributed by atoms with Gasteiger partial charge in [0, 0.05) is 31.7 Å². The van der Waals surface area contributed by atoms with Gasteiger partial charge in [-0.05, 0) is 46.6 Å². The zero-order valence-corrected chi connectivity index (χ0v) is 14.7. The quantitative estimate of drug-likeness (QED) is 0.851. The van der Waals surface area contributed by atoms with Crippen LogP contribution >= 0.6 is 0 Å². The monoisotopic (exact) mass is 325 g/mol. The minimum atomic E-state index is -0.455. The summed E-state index contributed by atoms with van der Waals surface area (Å²) >= 11 is 0. The molecule has 3 aliphatic heterocycles. The fraction of sp³-hybridized carbons (Fsp3) is 0.941. The lowest BCUT2D eigenvalue weighted by molar-refractivity contribution is -0.0323. The van der Waals surface area contributed by atoms with E-state index in [0.29, 0.717) is 31.8 Å². The second-order valence-electron chi connectivity index (χ2n) is 7.95. The van der Waals surface area contributed by atoms with Crippen LogP contribution in [0, 0.1) is 0 Å².